The summed E-state index contributed by atoms with van der Waals surface area (Å²) in [6.45, 7) is 4.52. The Balaban J connectivity index is 1.98. The van der Waals surface area contributed by atoms with Gasteiger partial charge in [0.05, 0.1) is 22.3 Å². The molecule has 0 spiro atoms. The second-order valence-corrected chi connectivity index (χ2v) is 10.6. The molecule has 1 atom stereocenters. The molecule has 3 rings (SSSR count). The third-order valence-corrected chi connectivity index (χ3v) is 8.34. The lowest BCUT2D eigenvalue weighted by molar-refractivity contribution is 0.0997. The first kappa shape index (κ1) is 22.8. The van der Waals surface area contributed by atoms with E-state index in [0.717, 1.165) is 31.2 Å². The number of benzene rings is 1. The zero-order chi connectivity index (χ0) is 21.7. The number of carbonyl (C=O) groups is 1. The lowest BCUT2D eigenvalue weighted by atomic mass is 9.90. The highest BCUT2D eigenvalue weighted by molar-refractivity contribution is 7.92. The van der Waals surface area contributed by atoms with Crippen LogP contribution < -0.4 is 10.5 Å². The molecule has 2 fully saturated rings. The first-order valence-electron chi connectivity index (χ1n) is 10.8. The van der Waals surface area contributed by atoms with Gasteiger partial charge in [-0.05, 0) is 61.6 Å². The molecule has 7 heteroatoms. The van der Waals surface area contributed by atoms with E-state index in [0.29, 0.717) is 24.2 Å². The molecule has 2 N–H and O–H groups in total. The van der Waals surface area contributed by atoms with E-state index in [1.54, 1.807) is 6.07 Å². The van der Waals surface area contributed by atoms with Crippen molar-refractivity contribution in [2.75, 3.05) is 20.3 Å². The summed E-state index contributed by atoms with van der Waals surface area (Å²) >= 11 is 0. The molecule has 2 saturated carbocycles. The van der Waals surface area contributed by atoms with E-state index in [1.165, 1.54) is 38.5 Å². The van der Waals surface area contributed by atoms with Crippen molar-refractivity contribution in [2.45, 2.75) is 67.4 Å². The van der Waals surface area contributed by atoms with E-state index in [9.17, 15) is 13.2 Å². The predicted octanol–water partition coefficient (Wildman–Crippen LogP) is 3.99. The van der Waals surface area contributed by atoms with Gasteiger partial charge in [0.1, 0.15) is 5.75 Å². The Morgan fingerprint density at radius 3 is 2.50 bits per heavy atom. The van der Waals surface area contributed by atoms with Crippen molar-refractivity contribution in [3.63, 3.8) is 0 Å². The Labute approximate surface area is 179 Å². The Hall–Kier alpha value is -1.86. The summed E-state index contributed by atoms with van der Waals surface area (Å²) in [5.74, 6) is 0.610. The average molecular weight is 436 g/mol. The molecule has 6 nitrogen and oxygen atoms in total. The largest absolute Gasteiger partial charge is 0.493 e. The highest BCUT2D eigenvalue weighted by atomic mass is 32.2. The van der Waals surface area contributed by atoms with E-state index in [-0.39, 0.29) is 23.5 Å². The summed E-state index contributed by atoms with van der Waals surface area (Å²) < 4.78 is 37.9. The number of methoxy groups -OCH3 is 1. The molecule has 166 valence electrons. The van der Waals surface area contributed by atoms with Crippen molar-refractivity contribution < 1.29 is 22.7 Å². The molecule has 1 unspecified atom stereocenters. The van der Waals surface area contributed by atoms with Gasteiger partial charge in [0, 0.05) is 13.7 Å². The van der Waals surface area contributed by atoms with Crippen LogP contribution in [0.4, 0.5) is 0 Å². The second kappa shape index (κ2) is 9.96. The molecule has 0 heterocycles. The number of hydrogen-bond acceptors (Lipinski definition) is 5. The van der Waals surface area contributed by atoms with Gasteiger partial charge in [0.15, 0.2) is 9.84 Å². The quantitative estimate of drug-likeness (QED) is 0.530. The van der Waals surface area contributed by atoms with Gasteiger partial charge >= 0.3 is 0 Å². The van der Waals surface area contributed by atoms with Gasteiger partial charge < -0.3 is 15.2 Å². The number of sulfone groups is 1. The fraction of sp³-hybridized carbons (Fsp3) is 0.609. The molecule has 0 bridgehead atoms. The highest BCUT2D eigenvalue weighted by Crippen LogP contribution is 2.46. The topological polar surface area (TPSA) is 95.7 Å². The maximum absolute atomic E-state index is 13.4. The smallest absolute Gasteiger partial charge is 0.250 e. The number of rotatable bonds is 11. The van der Waals surface area contributed by atoms with Crippen LogP contribution in [-0.4, -0.2) is 39.9 Å². The number of ether oxygens (including phenoxy) is 2. The predicted molar refractivity (Wildman–Crippen MR) is 117 cm³/mol. The maximum atomic E-state index is 13.4. The van der Waals surface area contributed by atoms with E-state index < -0.39 is 21.0 Å². The zero-order valence-corrected chi connectivity index (χ0v) is 18.6. The lowest BCUT2D eigenvalue weighted by Gasteiger charge is -2.23. The monoisotopic (exact) mass is 435 g/mol. The Kier molecular flexibility index (Phi) is 7.58. The minimum absolute atomic E-state index is 0.0335. The summed E-state index contributed by atoms with van der Waals surface area (Å²) in [5, 5.41) is -0.867. The van der Waals surface area contributed by atoms with Crippen molar-refractivity contribution >= 4 is 15.7 Å². The number of carbonyl (C=O) groups excluding carboxylic acids is 1. The van der Waals surface area contributed by atoms with Gasteiger partial charge in [-0.25, -0.2) is 8.42 Å². The summed E-state index contributed by atoms with van der Waals surface area (Å²) in [6, 6.07) is 3.16. The summed E-state index contributed by atoms with van der Waals surface area (Å²) in [4.78, 5) is 12.1. The fourth-order valence-electron chi connectivity index (χ4n) is 4.20. The standard InChI is InChI=1S/C23H33NO5S/c1-3-18(11-12-28-2)30(26,27)22-14-21(29-15-16-7-5-4-6-8-16)19(17-9-10-17)13-20(22)23(24)25/h3,13-14,16-18H,1,4-12,15H2,2H3,(H2,24,25). The van der Waals surface area contributed by atoms with Crippen molar-refractivity contribution in [2.24, 2.45) is 11.7 Å². The van der Waals surface area contributed by atoms with Crippen LogP contribution in [0.3, 0.4) is 0 Å². The molecule has 0 aliphatic heterocycles. The fourth-order valence-corrected chi connectivity index (χ4v) is 5.93. The highest BCUT2D eigenvalue weighted by Gasteiger charge is 2.34. The van der Waals surface area contributed by atoms with Crippen LogP contribution in [0, 0.1) is 5.92 Å². The number of hydrogen-bond donors (Lipinski definition) is 1. The van der Waals surface area contributed by atoms with E-state index in [1.807, 2.05) is 0 Å². The van der Waals surface area contributed by atoms with Crippen molar-refractivity contribution in [3.05, 3.63) is 35.9 Å². The van der Waals surface area contributed by atoms with Crippen LogP contribution in [0.2, 0.25) is 0 Å². The Bertz CT molecular complexity index is 870. The number of amides is 1. The molecule has 1 amide bonds. The maximum Gasteiger partial charge on any atom is 0.250 e. The number of primary amides is 1. The van der Waals surface area contributed by atoms with E-state index in [4.69, 9.17) is 15.2 Å². The third-order valence-electron chi connectivity index (χ3n) is 6.17. The number of nitrogens with two attached hydrogens (primary N) is 1. The van der Waals surface area contributed by atoms with Gasteiger partial charge in [-0.3, -0.25) is 4.79 Å². The Morgan fingerprint density at radius 1 is 1.23 bits per heavy atom. The van der Waals surface area contributed by atoms with Crippen molar-refractivity contribution in [3.8, 4) is 5.75 Å². The van der Waals surface area contributed by atoms with Crippen LogP contribution in [0.15, 0.2) is 29.7 Å². The van der Waals surface area contributed by atoms with Gasteiger partial charge in [0.2, 0.25) is 5.91 Å². The molecule has 1 aromatic carbocycles. The van der Waals surface area contributed by atoms with Gasteiger partial charge in [0.25, 0.3) is 0 Å². The van der Waals surface area contributed by atoms with Crippen LogP contribution in [0.25, 0.3) is 0 Å². The minimum atomic E-state index is -3.87. The summed E-state index contributed by atoms with van der Waals surface area (Å²) in [7, 11) is -2.35. The SMILES string of the molecule is C=CC(CCOC)S(=O)(=O)c1cc(OCC2CCCCC2)c(C2CC2)cc1C(N)=O. The lowest BCUT2D eigenvalue weighted by Crippen LogP contribution is -2.25. The van der Waals surface area contributed by atoms with E-state index in [2.05, 4.69) is 6.58 Å². The molecular weight excluding hydrogens is 402 g/mol. The summed E-state index contributed by atoms with van der Waals surface area (Å²) in [5.41, 5.74) is 6.52. The van der Waals surface area contributed by atoms with Crippen LogP contribution >= 0.6 is 0 Å². The average Bonchev–Trinajstić information content (AvgIpc) is 3.58. The van der Waals surface area contributed by atoms with Gasteiger partial charge in [-0.15, -0.1) is 6.58 Å². The van der Waals surface area contributed by atoms with Crippen LogP contribution in [0.1, 0.15) is 73.2 Å². The zero-order valence-electron chi connectivity index (χ0n) is 17.8. The normalized spacial score (nSPS) is 18.7. The third kappa shape index (κ3) is 5.24. The summed E-state index contributed by atoms with van der Waals surface area (Å²) in [6.07, 6.45) is 9.62. The molecule has 0 aromatic heterocycles. The molecule has 30 heavy (non-hydrogen) atoms. The molecule has 2 aliphatic rings. The van der Waals surface area contributed by atoms with Crippen LogP contribution in [0.5, 0.6) is 5.75 Å². The molecule has 2 aliphatic carbocycles. The van der Waals surface area contributed by atoms with Crippen molar-refractivity contribution in [1.29, 1.82) is 0 Å². The van der Waals surface area contributed by atoms with Crippen LogP contribution in [-0.2, 0) is 14.6 Å². The second-order valence-electron chi connectivity index (χ2n) is 8.44. The van der Waals surface area contributed by atoms with Gasteiger partial charge in [-0.2, -0.15) is 0 Å². The Morgan fingerprint density at radius 2 is 1.93 bits per heavy atom. The van der Waals surface area contributed by atoms with Crippen molar-refractivity contribution in [1.82, 2.24) is 0 Å². The molecule has 0 radical (unpaired) electrons. The van der Waals surface area contributed by atoms with E-state index >= 15 is 0 Å². The molecular formula is C23H33NO5S. The first-order valence-corrected chi connectivity index (χ1v) is 12.4. The first-order chi connectivity index (χ1) is 14.4. The molecule has 0 saturated heterocycles. The van der Waals surface area contributed by atoms with Gasteiger partial charge in [-0.1, -0.05) is 25.3 Å². The molecule has 1 aromatic rings. The minimum Gasteiger partial charge on any atom is -0.493 e.